The van der Waals surface area contributed by atoms with Gasteiger partial charge in [0.2, 0.25) is 0 Å². The molecule has 0 spiro atoms. The normalized spacial score (nSPS) is 10.7. The molecule has 0 aliphatic heterocycles. The van der Waals surface area contributed by atoms with Crippen LogP contribution in [0.5, 0.6) is 0 Å². The lowest BCUT2D eigenvalue weighted by atomic mass is 10.2. The van der Waals surface area contributed by atoms with Gasteiger partial charge in [0.05, 0.1) is 20.7 Å². The summed E-state index contributed by atoms with van der Waals surface area (Å²) in [6.45, 7) is 0.619. The van der Waals surface area contributed by atoms with E-state index in [-0.39, 0.29) is 0 Å². The number of aromatic nitrogens is 1. The molecule has 5 heteroatoms. The van der Waals surface area contributed by atoms with E-state index in [9.17, 15) is 0 Å². The maximum atomic E-state index is 5.96. The molecule has 0 atom stereocenters. The van der Waals surface area contributed by atoms with Gasteiger partial charge < -0.3 is 5.73 Å². The van der Waals surface area contributed by atoms with Gasteiger partial charge in [-0.05, 0) is 18.7 Å². The zero-order chi connectivity index (χ0) is 11.5. The molecule has 0 unspecified atom stereocenters. The summed E-state index contributed by atoms with van der Waals surface area (Å²) in [6, 6.07) is 5.52. The summed E-state index contributed by atoms with van der Waals surface area (Å²) >= 11 is 13.4. The molecule has 0 amide bonds. The number of thiazole rings is 1. The molecule has 2 rings (SSSR count). The van der Waals surface area contributed by atoms with E-state index in [0.717, 1.165) is 22.7 Å². The van der Waals surface area contributed by atoms with Crippen LogP contribution in [0, 0.1) is 0 Å². The van der Waals surface area contributed by atoms with E-state index < -0.39 is 0 Å². The van der Waals surface area contributed by atoms with E-state index in [1.54, 1.807) is 17.4 Å². The van der Waals surface area contributed by atoms with Crippen LogP contribution in [0.1, 0.15) is 5.01 Å². The van der Waals surface area contributed by atoms with Crippen LogP contribution in [-0.4, -0.2) is 11.5 Å². The molecule has 0 aliphatic rings. The number of hydrogen-bond donors (Lipinski definition) is 1. The maximum Gasteiger partial charge on any atom is 0.0945 e. The van der Waals surface area contributed by atoms with Gasteiger partial charge in [-0.25, -0.2) is 4.98 Å². The Labute approximate surface area is 108 Å². The molecule has 16 heavy (non-hydrogen) atoms. The fraction of sp³-hybridized carbons (Fsp3) is 0.182. The first kappa shape index (κ1) is 11.9. The number of nitrogens with zero attached hydrogens (tertiary/aromatic N) is 1. The molecular formula is C11H10Cl2N2S. The molecule has 0 aliphatic carbocycles. The van der Waals surface area contributed by atoms with Gasteiger partial charge in [-0.2, -0.15) is 0 Å². The number of nitrogens with two attached hydrogens (primary N) is 1. The Bertz CT molecular complexity index is 496. The first-order valence-corrected chi connectivity index (χ1v) is 6.44. The topological polar surface area (TPSA) is 38.9 Å². The zero-order valence-corrected chi connectivity index (χ0v) is 10.7. The van der Waals surface area contributed by atoms with Crippen LogP contribution >= 0.6 is 34.5 Å². The monoisotopic (exact) mass is 272 g/mol. The second-order valence-corrected chi connectivity index (χ2v) is 5.05. The lowest BCUT2D eigenvalue weighted by molar-refractivity contribution is 0.954. The minimum atomic E-state index is 0.549. The molecule has 0 bridgehead atoms. The van der Waals surface area contributed by atoms with Crippen LogP contribution in [0.15, 0.2) is 23.6 Å². The van der Waals surface area contributed by atoms with Crippen molar-refractivity contribution in [3.05, 3.63) is 38.6 Å². The van der Waals surface area contributed by atoms with Crippen LogP contribution < -0.4 is 5.73 Å². The lowest BCUT2D eigenvalue weighted by Gasteiger charge is -1.99. The van der Waals surface area contributed by atoms with Gasteiger partial charge in [-0.1, -0.05) is 29.3 Å². The Morgan fingerprint density at radius 2 is 2.06 bits per heavy atom. The van der Waals surface area contributed by atoms with Crippen LogP contribution in [0.3, 0.4) is 0 Å². The number of halogens is 2. The molecule has 2 nitrogen and oxygen atoms in total. The third-order valence-electron chi connectivity index (χ3n) is 2.13. The molecule has 1 aromatic carbocycles. The van der Waals surface area contributed by atoms with Crippen molar-refractivity contribution in [3.63, 3.8) is 0 Å². The highest BCUT2D eigenvalue weighted by Crippen LogP contribution is 2.29. The summed E-state index contributed by atoms with van der Waals surface area (Å²) in [5.74, 6) is 0. The van der Waals surface area contributed by atoms with Crippen molar-refractivity contribution >= 4 is 34.5 Å². The molecule has 2 aromatic rings. The largest absolute Gasteiger partial charge is 0.330 e. The molecular weight excluding hydrogens is 263 g/mol. The highest BCUT2D eigenvalue weighted by molar-refractivity contribution is 7.09. The van der Waals surface area contributed by atoms with Gasteiger partial charge in [0.25, 0.3) is 0 Å². The Hall–Kier alpha value is -0.610. The van der Waals surface area contributed by atoms with Gasteiger partial charge in [-0.15, -0.1) is 11.3 Å². The van der Waals surface area contributed by atoms with E-state index in [1.165, 1.54) is 0 Å². The molecule has 0 saturated heterocycles. The van der Waals surface area contributed by atoms with Crippen molar-refractivity contribution in [3.8, 4) is 11.3 Å². The van der Waals surface area contributed by atoms with Crippen LogP contribution in [-0.2, 0) is 6.42 Å². The van der Waals surface area contributed by atoms with E-state index in [0.29, 0.717) is 16.6 Å². The number of hydrogen-bond acceptors (Lipinski definition) is 3. The minimum Gasteiger partial charge on any atom is -0.330 e. The average Bonchev–Trinajstić information content (AvgIpc) is 2.71. The Morgan fingerprint density at radius 3 is 2.75 bits per heavy atom. The summed E-state index contributed by atoms with van der Waals surface area (Å²) in [5, 5.41) is 4.16. The van der Waals surface area contributed by atoms with E-state index in [1.807, 2.05) is 17.5 Å². The van der Waals surface area contributed by atoms with Gasteiger partial charge in [0.1, 0.15) is 0 Å². The van der Waals surface area contributed by atoms with E-state index >= 15 is 0 Å². The maximum absolute atomic E-state index is 5.96. The molecule has 84 valence electrons. The highest BCUT2D eigenvalue weighted by atomic mass is 35.5. The summed E-state index contributed by atoms with van der Waals surface area (Å²) in [7, 11) is 0. The van der Waals surface area contributed by atoms with Gasteiger partial charge in [0, 0.05) is 17.4 Å². The molecule has 1 aromatic heterocycles. The standard InChI is InChI=1S/C11H10Cl2N2S/c12-8-2-1-7(5-9(8)13)10-6-16-11(15-10)3-4-14/h1-2,5-6H,3-4,14H2. The summed E-state index contributed by atoms with van der Waals surface area (Å²) in [4.78, 5) is 4.48. The van der Waals surface area contributed by atoms with Crippen molar-refractivity contribution < 1.29 is 0 Å². The highest BCUT2D eigenvalue weighted by Gasteiger charge is 2.06. The lowest BCUT2D eigenvalue weighted by Crippen LogP contribution is -2.01. The Kier molecular flexibility index (Phi) is 3.82. The van der Waals surface area contributed by atoms with Crippen LogP contribution in [0.4, 0.5) is 0 Å². The summed E-state index contributed by atoms with van der Waals surface area (Å²) in [5.41, 5.74) is 7.38. The second kappa shape index (κ2) is 5.15. The van der Waals surface area contributed by atoms with E-state index in [4.69, 9.17) is 28.9 Å². The van der Waals surface area contributed by atoms with Crippen molar-refractivity contribution in [1.29, 1.82) is 0 Å². The summed E-state index contributed by atoms with van der Waals surface area (Å²) < 4.78 is 0. The SMILES string of the molecule is NCCc1nc(-c2ccc(Cl)c(Cl)c2)cs1. The first-order valence-electron chi connectivity index (χ1n) is 4.80. The Morgan fingerprint density at radius 1 is 1.25 bits per heavy atom. The average molecular weight is 273 g/mol. The van der Waals surface area contributed by atoms with E-state index in [2.05, 4.69) is 4.98 Å². The predicted molar refractivity (Wildman–Crippen MR) is 70.3 cm³/mol. The van der Waals surface area contributed by atoms with Crippen molar-refractivity contribution in [1.82, 2.24) is 4.98 Å². The van der Waals surface area contributed by atoms with Gasteiger partial charge >= 0.3 is 0 Å². The fourth-order valence-corrected chi connectivity index (χ4v) is 2.46. The zero-order valence-electron chi connectivity index (χ0n) is 8.41. The molecule has 1 heterocycles. The summed E-state index contributed by atoms with van der Waals surface area (Å²) in [6.07, 6.45) is 0.811. The van der Waals surface area contributed by atoms with Crippen molar-refractivity contribution in [2.24, 2.45) is 5.73 Å². The minimum absolute atomic E-state index is 0.549. The van der Waals surface area contributed by atoms with Crippen LogP contribution in [0.25, 0.3) is 11.3 Å². The van der Waals surface area contributed by atoms with Gasteiger partial charge in [-0.3, -0.25) is 0 Å². The smallest absolute Gasteiger partial charge is 0.0945 e. The second-order valence-electron chi connectivity index (χ2n) is 3.29. The molecule has 0 saturated carbocycles. The predicted octanol–water partition coefficient (Wildman–Crippen LogP) is 3.62. The van der Waals surface area contributed by atoms with Crippen molar-refractivity contribution in [2.75, 3.05) is 6.54 Å². The van der Waals surface area contributed by atoms with Crippen LogP contribution in [0.2, 0.25) is 10.0 Å². The quantitative estimate of drug-likeness (QED) is 0.927. The third-order valence-corrected chi connectivity index (χ3v) is 3.77. The molecule has 0 fully saturated rings. The number of rotatable bonds is 3. The van der Waals surface area contributed by atoms with Crippen molar-refractivity contribution in [2.45, 2.75) is 6.42 Å². The Balaban J connectivity index is 2.31. The first-order chi connectivity index (χ1) is 7.70. The third kappa shape index (κ3) is 2.55. The number of benzene rings is 1. The van der Waals surface area contributed by atoms with Gasteiger partial charge in [0.15, 0.2) is 0 Å². The molecule has 0 radical (unpaired) electrons. The molecule has 2 N–H and O–H groups in total. The fourth-order valence-electron chi connectivity index (χ4n) is 1.34.